The number of hydrogen-bond acceptors (Lipinski definition) is 6. The average molecular weight is 273 g/mol. The van der Waals surface area contributed by atoms with Crippen molar-refractivity contribution in [3.05, 3.63) is 27.4 Å². The van der Waals surface area contributed by atoms with Gasteiger partial charge in [0.1, 0.15) is 0 Å². The molecule has 0 bridgehead atoms. The Hall–Kier alpha value is -2.38. The van der Waals surface area contributed by atoms with Crippen LogP contribution in [-0.2, 0) is 25.9 Å². The molecule has 0 unspecified atom stereocenters. The molecule has 2 aromatic heterocycles. The van der Waals surface area contributed by atoms with Gasteiger partial charge < -0.3 is 10.6 Å². The quantitative estimate of drug-likeness (QED) is 0.722. The predicted octanol–water partition coefficient (Wildman–Crippen LogP) is -0.548. The first kappa shape index (κ1) is 11.4. The van der Waals surface area contributed by atoms with Crippen LogP contribution in [0.1, 0.15) is 23.4 Å². The Balaban J connectivity index is 1.71. The topological polar surface area (TPSA) is 106 Å². The van der Waals surface area contributed by atoms with Crippen LogP contribution in [0.15, 0.2) is 4.79 Å². The molecule has 0 radical (unpaired) electrons. The Morgan fingerprint density at radius 1 is 1.20 bits per heavy atom. The van der Waals surface area contributed by atoms with Crippen molar-refractivity contribution < 1.29 is 0 Å². The number of rotatable bonds is 1. The summed E-state index contributed by atoms with van der Waals surface area (Å²) in [6.07, 6.45) is 3.35. The standard InChI is InChI=1S/C12H15N7O/c13-10-14-11(16-12(20)15-10)18-4-5-19-9(6-18)7-2-1-3-8(7)17-19/h1-6H2,(H3,13,14,15,16,20). The number of nitrogen functional groups attached to an aromatic ring is 1. The van der Waals surface area contributed by atoms with Gasteiger partial charge in [-0.1, -0.05) is 0 Å². The van der Waals surface area contributed by atoms with E-state index >= 15 is 0 Å². The fourth-order valence-electron chi connectivity index (χ4n) is 3.05. The molecule has 8 heteroatoms. The average Bonchev–Trinajstić information content (AvgIpc) is 2.97. The van der Waals surface area contributed by atoms with Crippen molar-refractivity contribution in [1.82, 2.24) is 24.7 Å². The van der Waals surface area contributed by atoms with Crippen molar-refractivity contribution in [2.45, 2.75) is 32.4 Å². The number of nitrogens with two attached hydrogens (primary N) is 1. The molecule has 0 fully saturated rings. The van der Waals surface area contributed by atoms with E-state index < -0.39 is 5.69 Å². The second kappa shape index (κ2) is 4.06. The summed E-state index contributed by atoms with van der Waals surface area (Å²) >= 11 is 0. The molecule has 1 aliphatic carbocycles. The lowest BCUT2D eigenvalue weighted by Gasteiger charge is -2.28. The molecule has 3 heterocycles. The molecule has 0 amide bonds. The van der Waals surface area contributed by atoms with Crippen LogP contribution in [0.2, 0.25) is 0 Å². The third-order valence-corrected chi connectivity index (χ3v) is 3.95. The summed E-state index contributed by atoms with van der Waals surface area (Å²) in [4.78, 5) is 23.8. The second-order valence-electron chi connectivity index (χ2n) is 5.21. The van der Waals surface area contributed by atoms with Crippen LogP contribution in [0.3, 0.4) is 0 Å². The maximum Gasteiger partial charge on any atom is 0.350 e. The van der Waals surface area contributed by atoms with Crippen molar-refractivity contribution in [3.8, 4) is 0 Å². The zero-order valence-corrected chi connectivity index (χ0v) is 11.0. The molecule has 0 atom stereocenters. The minimum atomic E-state index is -0.461. The van der Waals surface area contributed by atoms with E-state index in [4.69, 9.17) is 5.73 Å². The van der Waals surface area contributed by atoms with Crippen LogP contribution in [0.4, 0.5) is 11.9 Å². The molecule has 2 aliphatic rings. The predicted molar refractivity (Wildman–Crippen MR) is 72.4 cm³/mol. The monoisotopic (exact) mass is 273 g/mol. The van der Waals surface area contributed by atoms with Gasteiger partial charge in [-0.3, -0.25) is 9.67 Å². The Morgan fingerprint density at radius 2 is 2.10 bits per heavy atom. The zero-order valence-electron chi connectivity index (χ0n) is 11.0. The number of anilines is 2. The van der Waals surface area contributed by atoms with Gasteiger partial charge in [-0.05, 0) is 24.8 Å². The Morgan fingerprint density at radius 3 is 2.95 bits per heavy atom. The molecule has 0 spiro atoms. The largest absolute Gasteiger partial charge is 0.369 e. The highest BCUT2D eigenvalue weighted by atomic mass is 16.1. The van der Waals surface area contributed by atoms with Crippen LogP contribution >= 0.6 is 0 Å². The van der Waals surface area contributed by atoms with Crippen LogP contribution in [0.5, 0.6) is 0 Å². The molecule has 20 heavy (non-hydrogen) atoms. The Labute approximate surface area is 114 Å². The summed E-state index contributed by atoms with van der Waals surface area (Å²) in [7, 11) is 0. The number of hydrogen-bond donors (Lipinski definition) is 2. The third kappa shape index (κ3) is 1.68. The first-order valence-electron chi connectivity index (χ1n) is 6.77. The van der Waals surface area contributed by atoms with Crippen LogP contribution in [-0.4, -0.2) is 31.3 Å². The molecule has 0 aromatic carbocycles. The van der Waals surface area contributed by atoms with Crippen LogP contribution in [0.25, 0.3) is 0 Å². The number of fused-ring (bicyclic) bond motifs is 3. The van der Waals surface area contributed by atoms with Gasteiger partial charge in [0.2, 0.25) is 11.9 Å². The molecule has 104 valence electrons. The fraction of sp³-hybridized carbons (Fsp3) is 0.500. The molecule has 4 rings (SSSR count). The lowest BCUT2D eigenvalue weighted by atomic mass is 10.1. The van der Waals surface area contributed by atoms with Gasteiger partial charge >= 0.3 is 5.69 Å². The highest BCUT2D eigenvalue weighted by molar-refractivity contribution is 5.39. The van der Waals surface area contributed by atoms with Crippen LogP contribution < -0.4 is 16.3 Å². The Bertz CT molecular complexity index is 732. The van der Waals surface area contributed by atoms with Gasteiger partial charge in [-0.25, -0.2) is 4.79 Å². The van der Waals surface area contributed by atoms with Gasteiger partial charge in [0.15, 0.2) is 0 Å². The van der Waals surface area contributed by atoms with Crippen LogP contribution in [0, 0.1) is 0 Å². The number of aromatic amines is 1. The van der Waals surface area contributed by atoms with Crippen molar-refractivity contribution in [2.24, 2.45) is 0 Å². The minimum absolute atomic E-state index is 0.101. The number of nitrogens with one attached hydrogen (secondary N) is 1. The van der Waals surface area contributed by atoms with Gasteiger partial charge in [0, 0.05) is 6.54 Å². The van der Waals surface area contributed by atoms with E-state index in [1.54, 1.807) is 0 Å². The van der Waals surface area contributed by atoms with Gasteiger partial charge in [-0.15, -0.1) is 0 Å². The van der Waals surface area contributed by atoms with Crippen molar-refractivity contribution in [2.75, 3.05) is 17.2 Å². The second-order valence-corrected chi connectivity index (χ2v) is 5.21. The van der Waals surface area contributed by atoms with Crippen molar-refractivity contribution in [1.29, 1.82) is 0 Å². The highest BCUT2D eigenvalue weighted by Gasteiger charge is 2.27. The molecule has 2 aromatic rings. The SMILES string of the molecule is Nc1nc(N2CCn3nc4c(c3C2)CCC4)nc(=O)[nH]1. The third-order valence-electron chi connectivity index (χ3n) is 3.95. The smallest absolute Gasteiger partial charge is 0.350 e. The summed E-state index contributed by atoms with van der Waals surface area (Å²) in [5.41, 5.74) is 8.94. The van der Waals surface area contributed by atoms with E-state index in [1.165, 1.54) is 23.4 Å². The minimum Gasteiger partial charge on any atom is -0.369 e. The molecule has 1 aliphatic heterocycles. The van der Waals surface area contributed by atoms with E-state index in [1.807, 2.05) is 4.90 Å². The van der Waals surface area contributed by atoms with E-state index in [-0.39, 0.29) is 5.95 Å². The number of aromatic nitrogens is 5. The lowest BCUT2D eigenvalue weighted by Crippen LogP contribution is -2.37. The van der Waals surface area contributed by atoms with E-state index in [2.05, 4.69) is 24.7 Å². The maximum atomic E-state index is 11.4. The summed E-state index contributed by atoms with van der Waals surface area (Å²) < 4.78 is 2.08. The zero-order chi connectivity index (χ0) is 13.7. The van der Waals surface area contributed by atoms with Gasteiger partial charge in [0.05, 0.1) is 24.5 Å². The summed E-state index contributed by atoms with van der Waals surface area (Å²) in [5, 5.41) is 4.65. The number of nitrogens with zero attached hydrogens (tertiary/aromatic N) is 5. The normalized spacial score (nSPS) is 17.1. The van der Waals surface area contributed by atoms with Gasteiger partial charge in [-0.2, -0.15) is 15.1 Å². The Kier molecular flexibility index (Phi) is 2.32. The summed E-state index contributed by atoms with van der Waals surface area (Å²) in [6.45, 7) is 2.21. The molecule has 0 saturated heterocycles. The molecule has 3 N–H and O–H groups in total. The maximum absolute atomic E-state index is 11.4. The molecular formula is C12H15N7O. The van der Waals surface area contributed by atoms with Gasteiger partial charge in [0.25, 0.3) is 0 Å². The van der Waals surface area contributed by atoms with Crippen molar-refractivity contribution in [3.63, 3.8) is 0 Å². The molecular weight excluding hydrogens is 258 g/mol. The highest BCUT2D eigenvalue weighted by Crippen LogP contribution is 2.28. The fourth-order valence-corrected chi connectivity index (χ4v) is 3.05. The van der Waals surface area contributed by atoms with Crippen molar-refractivity contribution >= 4 is 11.9 Å². The summed E-state index contributed by atoms with van der Waals surface area (Å²) in [6, 6.07) is 0. The molecule has 8 nitrogen and oxygen atoms in total. The number of H-pyrrole nitrogens is 1. The molecule has 0 saturated carbocycles. The van der Waals surface area contributed by atoms with E-state index in [0.717, 1.165) is 25.9 Å². The number of aryl methyl sites for hydroxylation is 1. The summed E-state index contributed by atoms with van der Waals surface area (Å²) in [5.74, 6) is 0.495. The first-order valence-corrected chi connectivity index (χ1v) is 6.77. The first-order chi connectivity index (χ1) is 9.70. The van der Waals surface area contributed by atoms with E-state index in [9.17, 15) is 4.79 Å². The van der Waals surface area contributed by atoms with E-state index in [0.29, 0.717) is 12.5 Å². The lowest BCUT2D eigenvalue weighted by molar-refractivity contribution is 0.504.